The first kappa shape index (κ1) is 15.3. The van der Waals surface area contributed by atoms with Gasteiger partial charge in [0.25, 0.3) is 6.43 Å². The molecule has 1 rings (SSSR count). The Bertz CT molecular complexity index is 81.0. The summed E-state index contributed by atoms with van der Waals surface area (Å²) in [7, 11) is 0. The van der Waals surface area contributed by atoms with Gasteiger partial charge in [-0.15, -0.1) is 0 Å². The van der Waals surface area contributed by atoms with Gasteiger partial charge in [-0.3, -0.25) is 4.90 Å². The maximum atomic E-state index is 11.6. The van der Waals surface area contributed by atoms with Crippen molar-refractivity contribution in [2.75, 3.05) is 19.6 Å². The van der Waals surface area contributed by atoms with Crippen LogP contribution in [0, 0.1) is 0 Å². The fraction of sp³-hybridized carbons (Fsp3) is 1.00. The van der Waals surface area contributed by atoms with Crippen molar-refractivity contribution >= 4 is 0 Å². The maximum absolute atomic E-state index is 11.6. The van der Waals surface area contributed by atoms with Crippen LogP contribution in [0.2, 0.25) is 0 Å². The van der Waals surface area contributed by atoms with Crippen LogP contribution in [0.15, 0.2) is 0 Å². The number of nitrogens with zero attached hydrogens (tertiary/aromatic N) is 1. The third-order valence-electron chi connectivity index (χ3n) is 1.59. The van der Waals surface area contributed by atoms with Crippen molar-refractivity contribution in [2.45, 2.75) is 47.0 Å². The van der Waals surface area contributed by atoms with Crippen molar-refractivity contribution in [1.29, 1.82) is 0 Å². The Hall–Kier alpha value is -0.180. The minimum atomic E-state index is -2.15. The molecule has 0 aromatic carbocycles. The number of hydrogen-bond acceptors (Lipinski definition) is 1. The van der Waals surface area contributed by atoms with Crippen molar-refractivity contribution in [2.24, 2.45) is 0 Å². The van der Waals surface area contributed by atoms with E-state index in [2.05, 4.69) is 0 Å². The van der Waals surface area contributed by atoms with Gasteiger partial charge in [-0.2, -0.15) is 0 Å². The Morgan fingerprint density at radius 3 is 1.69 bits per heavy atom. The summed E-state index contributed by atoms with van der Waals surface area (Å²) in [6.45, 7) is 9.70. The van der Waals surface area contributed by atoms with Crippen LogP contribution in [0.3, 0.4) is 0 Å². The van der Waals surface area contributed by atoms with Crippen molar-refractivity contribution in [3.05, 3.63) is 0 Å². The van der Waals surface area contributed by atoms with Crippen LogP contribution in [-0.2, 0) is 0 Å². The zero-order valence-electron chi connectivity index (χ0n) is 9.32. The standard InChI is InChI=1S/C6H11F2N.2C2H6/c7-6(8)5-9-3-1-2-4-9;2*1-2/h6H,1-5H2;2*1-2H3. The second kappa shape index (κ2) is 11.8. The molecule has 0 bridgehead atoms. The number of hydrogen-bond donors (Lipinski definition) is 0. The van der Waals surface area contributed by atoms with E-state index in [1.165, 1.54) is 0 Å². The maximum Gasteiger partial charge on any atom is 0.251 e. The lowest BCUT2D eigenvalue weighted by molar-refractivity contribution is 0.0997. The molecule has 1 aliphatic heterocycles. The summed E-state index contributed by atoms with van der Waals surface area (Å²) >= 11 is 0. The SMILES string of the molecule is CC.CC.FC(F)CN1CCCC1. The van der Waals surface area contributed by atoms with Crippen LogP contribution >= 0.6 is 0 Å². The molecule has 13 heavy (non-hydrogen) atoms. The Kier molecular flexibility index (Phi) is 13.9. The molecule has 3 heteroatoms. The van der Waals surface area contributed by atoms with Gasteiger partial charge in [-0.1, -0.05) is 27.7 Å². The molecule has 82 valence electrons. The van der Waals surface area contributed by atoms with Crippen LogP contribution < -0.4 is 0 Å². The highest BCUT2D eigenvalue weighted by molar-refractivity contribution is 4.66. The Morgan fingerprint density at radius 1 is 1.00 bits per heavy atom. The van der Waals surface area contributed by atoms with E-state index in [0.717, 1.165) is 25.9 Å². The van der Waals surface area contributed by atoms with E-state index in [4.69, 9.17) is 0 Å². The summed E-state index contributed by atoms with van der Waals surface area (Å²) in [5.74, 6) is 0. The van der Waals surface area contributed by atoms with Gasteiger partial charge in [0.05, 0.1) is 6.54 Å². The average molecular weight is 195 g/mol. The zero-order chi connectivity index (χ0) is 10.7. The van der Waals surface area contributed by atoms with Gasteiger partial charge in [0.15, 0.2) is 0 Å². The quantitative estimate of drug-likeness (QED) is 0.652. The number of alkyl halides is 2. The molecule has 0 N–H and O–H groups in total. The van der Waals surface area contributed by atoms with Gasteiger partial charge in [0, 0.05) is 0 Å². The van der Waals surface area contributed by atoms with Gasteiger partial charge in [0.2, 0.25) is 0 Å². The highest BCUT2D eigenvalue weighted by atomic mass is 19.3. The molecule has 0 spiro atoms. The molecule has 0 aromatic rings. The predicted molar refractivity (Wildman–Crippen MR) is 54.4 cm³/mol. The lowest BCUT2D eigenvalue weighted by Crippen LogP contribution is -2.25. The molecule has 1 aliphatic rings. The summed E-state index contributed by atoms with van der Waals surface area (Å²) in [6.07, 6.45) is 0.0301. The first-order valence-corrected chi connectivity index (χ1v) is 5.29. The van der Waals surface area contributed by atoms with Gasteiger partial charge in [-0.05, 0) is 25.9 Å². The Labute approximate surface area is 81.1 Å². The summed E-state index contributed by atoms with van der Waals surface area (Å²) < 4.78 is 23.3. The van der Waals surface area contributed by atoms with Gasteiger partial charge in [-0.25, -0.2) is 8.78 Å². The second-order valence-corrected chi connectivity index (χ2v) is 2.40. The van der Waals surface area contributed by atoms with Crippen LogP contribution in [0.4, 0.5) is 8.78 Å². The first-order valence-electron chi connectivity index (χ1n) is 5.29. The van der Waals surface area contributed by atoms with Crippen LogP contribution in [0.25, 0.3) is 0 Å². The van der Waals surface area contributed by atoms with Crippen molar-refractivity contribution in [3.63, 3.8) is 0 Å². The number of halogens is 2. The van der Waals surface area contributed by atoms with Crippen molar-refractivity contribution < 1.29 is 8.78 Å². The topological polar surface area (TPSA) is 3.24 Å². The van der Waals surface area contributed by atoms with Gasteiger partial charge >= 0.3 is 0 Å². The molecular weight excluding hydrogens is 172 g/mol. The average Bonchev–Trinajstić information content (AvgIpc) is 2.63. The smallest absolute Gasteiger partial charge is 0.251 e. The summed E-state index contributed by atoms with van der Waals surface area (Å²) in [4.78, 5) is 1.81. The predicted octanol–water partition coefficient (Wildman–Crippen LogP) is 3.40. The fourth-order valence-electron chi connectivity index (χ4n) is 1.16. The van der Waals surface area contributed by atoms with E-state index in [-0.39, 0.29) is 6.54 Å². The third-order valence-corrected chi connectivity index (χ3v) is 1.59. The largest absolute Gasteiger partial charge is 0.298 e. The summed E-state index contributed by atoms with van der Waals surface area (Å²) in [5, 5.41) is 0. The number of likely N-dealkylation sites (tertiary alicyclic amines) is 1. The van der Waals surface area contributed by atoms with Crippen LogP contribution in [0.1, 0.15) is 40.5 Å². The third kappa shape index (κ3) is 9.74. The summed E-state index contributed by atoms with van der Waals surface area (Å²) in [5.41, 5.74) is 0. The molecule has 0 aliphatic carbocycles. The Balaban J connectivity index is 0. The first-order chi connectivity index (χ1) is 6.29. The van der Waals surface area contributed by atoms with E-state index in [1.807, 2.05) is 32.6 Å². The summed E-state index contributed by atoms with van der Waals surface area (Å²) in [6, 6.07) is 0. The van der Waals surface area contributed by atoms with Gasteiger partial charge < -0.3 is 0 Å². The lowest BCUT2D eigenvalue weighted by atomic mass is 10.4. The molecular formula is C10H23F2N. The monoisotopic (exact) mass is 195 g/mol. The number of rotatable bonds is 2. The molecule has 0 atom stereocenters. The second-order valence-electron chi connectivity index (χ2n) is 2.40. The molecule has 0 saturated carbocycles. The molecule has 0 radical (unpaired) electrons. The van der Waals surface area contributed by atoms with Crippen molar-refractivity contribution in [3.8, 4) is 0 Å². The molecule has 1 saturated heterocycles. The lowest BCUT2D eigenvalue weighted by Gasteiger charge is -2.12. The Morgan fingerprint density at radius 2 is 1.38 bits per heavy atom. The van der Waals surface area contributed by atoms with Crippen LogP contribution in [-0.4, -0.2) is 31.0 Å². The van der Waals surface area contributed by atoms with Gasteiger partial charge in [0.1, 0.15) is 0 Å². The minimum absolute atomic E-state index is 0.0278. The van der Waals surface area contributed by atoms with E-state index in [9.17, 15) is 8.78 Å². The molecule has 1 nitrogen and oxygen atoms in total. The van der Waals surface area contributed by atoms with E-state index in [1.54, 1.807) is 0 Å². The highest BCUT2D eigenvalue weighted by Gasteiger charge is 2.15. The molecule has 0 aromatic heterocycles. The van der Waals surface area contributed by atoms with E-state index >= 15 is 0 Å². The highest BCUT2D eigenvalue weighted by Crippen LogP contribution is 2.08. The van der Waals surface area contributed by atoms with Crippen molar-refractivity contribution in [1.82, 2.24) is 4.90 Å². The van der Waals surface area contributed by atoms with E-state index < -0.39 is 6.43 Å². The van der Waals surface area contributed by atoms with Crippen LogP contribution in [0.5, 0.6) is 0 Å². The molecule has 0 unspecified atom stereocenters. The minimum Gasteiger partial charge on any atom is -0.298 e. The molecule has 1 heterocycles. The molecule has 0 amide bonds. The zero-order valence-corrected chi connectivity index (χ0v) is 9.32. The normalized spacial score (nSPS) is 15.9. The fourth-order valence-corrected chi connectivity index (χ4v) is 1.16. The van der Waals surface area contributed by atoms with E-state index in [0.29, 0.717) is 0 Å². The molecule has 1 fully saturated rings.